The predicted molar refractivity (Wildman–Crippen MR) is 98.3 cm³/mol. The van der Waals surface area contributed by atoms with E-state index in [1.807, 2.05) is 0 Å². The molecule has 23 heavy (non-hydrogen) atoms. The lowest BCUT2D eigenvalue weighted by atomic mass is 9.34. The van der Waals surface area contributed by atoms with Gasteiger partial charge in [-0.1, -0.05) is 64.9 Å². The van der Waals surface area contributed by atoms with Crippen LogP contribution in [0.1, 0.15) is 30.4 Å². The molecule has 0 amide bonds. The molecular weight excluding hydrogens is 279 g/mol. The molecule has 0 bridgehead atoms. The first-order valence-electron chi connectivity index (χ1n) is 12.3. The summed E-state index contributed by atoms with van der Waals surface area (Å²) in [7, 11) is 0. The average Bonchev–Trinajstić information content (AvgIpc) is 2.80. The minimum absolute atomic E-state index is 0.0335. The molecule has 0 N–H and O–H groups in total. The van der Waals surface area contributed by atoms with E-state index in [4.69, 9.17) is 18.4 Å². The Morgan fingerprint density at radius 1 is 0.739 bits per heavy atom. The van der Waals surface area contributed by atoms with Gasteiger partial charge in [-0.2, -0.15) is 0 Å². The number of fused-ring (bicyclic) bond motifs is 2. The lowest BCUT2D eigenvalue weighted by Gasteiger charge is -2.28. The second-order valence-corrected chi connectivity index (χ2v) is 5.56. The summed E-state index contributed by atoms with van der Waals surface area (Å²) in [5, 5.41) is 0. The Kier molecular flexibility index (Phi) is 1.61. The molecule has 1 nitrogen and oxygen atoms in total. The first kappa shape index (κ1) is 6.96. The molecule has 0 fully saturated rings. The van der Waals surface area contributed by atoms with Crippen molar-refractivity contribution in [2.45, 2.75) is 20.8 Å². The molecule has 2 heteroatoms. The van der Waals surface area contributed by atoms with Crippen LogP contribution in [0.5, 0.6) is 11.5 Å². The summed E-state index contributed by atoms with van der Waals surface area (Å²) < 4.78 is 88.9. The Morgan fingerprint density at radius 3 is 1.87 bits per heavy atom. The molecular formula is C21H19BO. The molecule has 3 aromatic rings. The predicted octanol–water partition coefficient (Wildman–Crippen LogP) is 3.23. The minimum atomic E-state index is -1.05. The van der Waals surface area contributed by atoms with Crippen molar-refractivity contribution in [1.29, 1.82) is 0 Å². The first-order valence-corrected chi connectivity index (χ1v) is 7.27. The zero-order valence-electron chi connectivity index (χ0n) is 23.0. The van der Waals surface area contributed by atoms with Gasteiger partial charge in [-0.15, -0.1) is 0 Å². The molecule has 0 radical (unpaired) electrons. The van der Waals surface area contributed by atoms with E-state index >= 15 is 0 Å². The molecule has 0 saturated carbocycles. The van der Waals surface area contributed by atoms with Crippen LogP contribution in [0.25, 0.3) is 0 Å². The van der Waals surface area contributed by atoms with E-state index in [0.717, 1.165) is 0 Å². The van der Waals surface area contributed by atoms with Gasteiger partial charge in [0.1, 0.15) is 11.5 Å². The summed E-state index contributed by atoms with van der Waals surface area (Å²) in [5.74, 6) is -0.414. The summed E-state index contributed by atoms with van der Waals surface area (Å²) in [5.41, 5.74) is 2.07. The van der Waals surface area contributed by atoms with Gasteiger partial charge in [-0.3, -0.25) is 0 Å². The monoisotopic (exact) mass is 308 g/mol. The van der Waals surface area contributed by atoms with Crippen LogP contribution in [0.15, 0.2) is 60.4 Å². The van der Waals surface area contributed by atoms with E-state index in [1.165, 1.54) is 0 Å². The highest BCUT2D eigenvalue weighted by Crippen LogP contribution is 2.24. The topological polar surface area (TPSA) is 9.23 Å². The third-order valence-corrected chi connectivity index (χ3v) is 4.24. The maximum Gasteiger partial charge on any atom is 0.251 e. The zero-order chi connectivity index (χ0) is 24.7. The maximum absolute atomic E-state index is 8.60. The van der Waals surface area contributed by atoms with Crippen molar-refractivity contribution >= 4 is 23.1 Å². The van der Waals surface area contributed by atoms with Crippen molar-refractivity contribution in [3.8, 4) is 11.5 Å². The third-order valence-electron chi connectivity index (χ3n) is 4.24. The molecule has 0 aliphatic carbocycles. The summed E-state index contributed by atoms with van der Waals surface area (Å²) >= 11 is 0. The highest BCUT2D eigenvalue weighted by Gasteiger charge is 2.33. The van der Waals surface area contributed by atoms with Gasteiger partial charge < -0.3 is 4.74 Å². The van der Waals surface area contributed by atoms with Crippen LogP contribution in [0.2, 0.25) is 0 Å². The molecule has 112 valence electrons. The lowest BCUT2D eigenvalue weighted by molar-refractivity contribution is 0.487. The summed E-state index contributed by atoms with van der Waals surface area (Å²) in [4.78, 5) is 0. The third kappa shape index (κ3) is 2.17. The van der Waals surface area contributed by atoms with Crippen LogP contribution in [-0.2, 0) is 0 Å². The summed E-state index contributed by atoms with van der Waals surface area (Å²) in [6, 6.07) is -3.72. The molecule has 0 unspecified atom stereocenters. The van der Waals surface area contributed by atoms with Crippen molar-refractivity contribution in [3.05, 3.63) is 77.1 Å². The van der Waals surface area contributed by atoms with E-state index in [0.29, 0.717) is 22.2 Å². The maximum atomic E-state index is 8.60. The second-order valence-electron chi connectivity index (χ2n) is 5.56. The molecule has 0 aromatic heterocycles. The fraction of sp³-hybridized carbons (Fsp3) is 0.143. The fourth-order valence-electron chi connectivity index (χ4n) is 2.99. The van der Waals surface area contributed by atoms with Gasteiger partial charge in [0.25, 0.3) is 6.71 Å². The van der Waals surface area contributed by atoms with Gasteiger partial charge in [0, 0.05) is 0 Å². The Morgan fingerprint density at radius 2 is 1.26 bits per heavy atom. The highest BCUT2D eigenvalue weighted by atomic mass is 16.5. The first-order chi connectivity index (χ1) is 15.3. The minimum Gasteiger partial charge on any atom is -0.458 e. The van der Waals surface area contributed by atoms with Crippen molar-refractivity contribution < 1.29 is 18.4 Å². The number of hydrogen-bond acceptors (Lipinski definition) is 1. The van der Waals surface area contributed by atoms with Crippen LogP contribution in [0.3, 0.4) is 0 Å². The SMILES string of the molecule is [2H]c1c([2H])c([2H])c2c(c1[2H])Oc1c([2H])c([2H])c([2H])c([2H])c1B2c1c(C)c([2H])c([2H])c(C)c1C. The summed E-state index contributed by atoms with van der Waals surface area (Å²) in [6.07, 6.45) is 0. The van der Waals surface area contributed by atoms with Gasteiger partial charge >= 0.3 is 0 Å². The average molecular weight is 308 g/mol. The van der Waals surface area contributed by atoms with Crippen molar-refractivity contribution in [1.82, 2.24) is 0 Å². The highest BCUT2D eigenvalue weighted by molar-refractivity contribution is 6.97. The van der Waals surface area contributed by atoms with Gasteiger partial charge in [0.2, 0.25) is 0 Å². The standard InChI is InChI=1S/C21H19BO/c1-14-12-13-15(2)21(16(14)3)22-17-8-4-6-10-19(17)23-20-11-7-5-9-18(20)22/h4-13H,1-3H3/i4D,5D,6D,7D,8D,9D,10D,11D,12D,13D. The molecule has 0 saturated heterocycles. The molecule has 3 aromatic carbocycles. The van der Waals surface area contributed by atoms with Crippen LogP contribution in [-0.4, -0.2) is 6.71 Å². The Labute approximate surface area is 152 Å². The molecule has 0 atom stereocenters. The quantitative estimate of drug-likeness (QED) is 0.491. The van der Waals surface area contributed by atoms with E-state index < -0.39 is 43.0 Å². The van der Waals surface area contributed by atoms with Crippen molar-refractivity contribution in [2.24, 2.45) is 0 Å². The van der Waals surface area contributed by atoms with Crippen molar-refractivity contribution in [2.75, 3.05) is 0 Å². The normalized spacial score (nSPS) is 18.5. The zero-order valence-corrected chi connectivity index (χ0v) is 13.0. The van der Waals surface area contributed by atoms with E-state index in [1.54, 1.807) is 20.8 Å². The Bertz CT molecular complexity index is 1250. The van der Waals surface area contributed by atoms with Crippen molar-refractivity contribution in [3.63, 3.8) is 0 Å². The van der Waals surface area contributed by atoms with Gasteiger partial charge in [-0.05, 0) is 49.3 Å². The molecule has 1 aliphatic rings. The molecule has 1 heterocycles. The molecule has 1 aliphatic heterocycles. The molecule has 4 rings (SSSR count). The second kappa shape index (κ2) is 5.31. The number of para-hydroxylation sites is 2. The Hall–Kier alpha value is -2.48. The van der Waals surface area contributed by atoms with Crippen LogP contribution < -0.4 is 21.1 Å². The number of hydrogen-bond donors (Lipinski definition) is 0. The number of benzene rings is 3. The van der Waals surface area contributed by atoms with Crippen LogP contribution >= 0.6 is 0 Å². The lowest BCUT2D eigenvalue weighted by Crippen LogP contribution is -2.56. The Balaban J connectivity index is 2.28. The van der Waals surface area contributed by atoms with Gasteiger partial charge in [-0.25, -0.2) is 0 Å². The largest absolute Gasteiger partial charge is 0.458 e. The smallest absolute Gasteiger partial charge is 0.251 e. The van der Waals surface area contributed by atoms with E-state index in [2.05, 4.69) is 0 Å². The molecule has 0 spiro atoms. The van der Waals surface area contributed by atoms with E-state index in [9.17, 15) is 0 Å². The fourth-order valence-corrected chi connectivity index (χ4v) is 2.99. The van der Waals surface area contributed by atoms with Crippen LogP contribution in [0.4, 0.5) is 0 Å². The van der Waals surface area contributed by atoms with Gasteiger partial charge in [0.05, 0.1) is 13.7 Å². The number of rotatable bonds is 1. The number of ether oxygens (including phenoxy) is 1. The van der Waals surface area contributed by atoms with Gasteiger partial charge in [0.15, 0.2) is 0 Å². The van der Waals surface area contributed by atoms with E-state index in [-0.39, 0.29) is 46.6 Å². The summed E-state index contributed by atoms with van der Waals surface area (Å²) in [6.45, 7) is 4.01. The van der Waals surface area contributed by atoms with Crippen LogP contribution in [0, 0.1) is 20.8 Å².